The molecule has 29 heavy (non-hydrogen) atoms. The Morgan fingerprint density at radius 3 is 2.41 bits per heavy atom. The summed E-state index contributed by atoms with van der Waals surface area (Å²) in [6, 6.07) is 5.50. The van der Waals surface area contributed by atoms with Crippen molar-refractivity contribution in [2.24, 2.45) is 0 Å². The molecule has 0 bridgehead atoms. The van der Waals surface area contributed by atoms with Crippen LogP contribution in [0.1, 0.15) is 51.0 Å². The van der Waals surface area contributed by atoms with Crippen molar-refractivity contribution in [3.8, 4) is 0 Å². The molecule has 1 saturated carbocycles. The van der Waals surface area contributed by atoms with Crippen LogP contribution in [0, 0.1) is 20.2 Å². The zero-order chi connectivity index (χ0) is 21.1. The Morgan fingerprint density at radius 2 is 1.79 bits per heavy atom. The van der Waals surface area contributed by atoms with Crippen LogP contribution in [0.2, 0.25) is 0 Å². The van der Waals surface area contributed by atoms with E-state index in [0.29, 0.717) is 5.70 Å². The highest BCUT2D eigenvalue weighted by Crippen LogP contribution is 2.40. The van der Waals surface area contributed by atoms with E-state index in [4.69, 9.17) is 9.47 Å². The van der Waals surface area contributed by atoms with Crippen molar-refractivity contribution in [2.75, 3.05) is 0 Å². The summed E-state index contributed by atoms with van der Waals surface area (Å²) < 4.78 is 10.7. The Morgan fingerprint density at radius 1 is 1.10 bits per heavy atom. The van der Waals surface area contributed by atoms with E-state index < -0.39 is 21.9 Å². The molecule has 3 rings (SSSR count). The molecule has 1 N–H and O–H groups in total. The topological polar surface area (TPSA) is 134 Å². The van der Waals surface area contributed by atoms with Gasteiger partial charge in [0.05, 0.1) is 21.2 Å². The van der Waals surface area contributed by atoms with Crippen LogP contribution >= 0.6 is 0 Å². The van der Waals surface area contributed by atoms with Crippen LogP contribution in [0.4, 0.5) is 10.5 Å². The number of carbonyl (C=O) groups is 1. The number of rotatable bonds is 5. The van der Waals surface area contributed by atoms with Crippen molar-refractivity contribution in [3.63, 3.8) is 0 Å². The smallest absolute Gasteiger partial charge is 0.431 e. The number of nitrogens with one attached hydrogen (secondary N) is 1. The fourth-order valence-electron chi connectivity index (χ4n) is 3.73. The first-order chi connectivity index (χ1) is 13.8. The third-order valence-corrected chi connectivity index (χ3v) is 5.03. The average molecular weight is 403 g/mol. The van der Waals surface area contributed by atoms with E-state index in [2.05, 4.69) is 5.32 Å². The summed E-state index contributed by atoms with van der Waals surface area (Å²) in [5.74, 6) is -1.10. The fraction of sp³-hybridized carbons (Fsp3) is 0.421. The van der Waals surface area contributed by atoms with Crippen molar-refractivity contribution < 1.29 is 24.1 Å². The van der Waals surface area contributed by atoms with Gasteiger partial charge < -0.3 is 14.8 Å². The molecule has 10 nitrogen and oxygen atoms in total. The lowest BCUT2D eigenvalue weighted by atomic mass is 9.89. The lowest BCUT2D eigenvalue weighted by Gasteiger charge is -2.26. The summed E-state index contributed by atoms with van der Waals surface area (Å²) in [6.45, 7) is 3.14. The Hall–Kier alpha value is -3.43. The predicted molar refractivity (Wildman–Crippen MR) is 101 cm³/mol. The van der Waals surface area contributed by atoms with Gasteiger partial charge in [-0.25, -0.2) is 4.79 Å². The van der Waals surface area contributed by atoms with Crippen molar-refractivity contribution >= 4 is 11.8 Å². The standard InChI is InChI=1S/C19H21N3O7/c1-11-17(22(26)27)16(13-6-5-7-14(10-13)21(24)25)18(12(2)20-11)29-19(23)28-15-8-3-4-9-15/h5-7,10,15-16,20H,3-4,8-9H2,1-2H3. The van der Waals surface area contributed by atoms with Gasteiger partial charge in [-0.05, 0) is 45.1 Å². The van der Waals surface area contributed by atoms with Gasteiger partial charge in [-0.3, -0.25) is 20.2 Å². The Balaban J connectivity index is 1.98. The molecule has 1 unspecified atom stereocenters. The number of hydrogen-bond donors (Lipinski definition) is 1. The Bertz CT molecular complexity index is 916. The third kappa shape index (κ3) is 4.36. The number of nitrogens with zero attached hydrogens (tertiary/aromatic N) is 2. The number of nitro groups is 2. The Kier molecular flexibility index (Phi) is 5.81. The van der Waals surface area contributed by atoms with Crippen LogP contribution in [0.15, 0.2) is 47.1 Å². The maximum absolute atomic E-state index is 12.3. The molecular weight excluding hydrogens is 382 g/mol. The first-order valence-electron chi connectivity index (χ1n) is 9.23. The van der Waals surface area contributed by atoms with Gasteiger partial charge >= 0.3 is 6.16 Å². The number of nitro benzene ring substituents is 1. The Labute approximate surface area is 166 Å². The minimum absolute atomic E-state index is 0.00852. The van der Waals surface area contributed by atoms with Crippen LogP contribution in [0.3, 0.4) is 0 Å². The minimum Gasteiger partial charge on any atom is -0.431 e. The van der Waals surface area contributed by atoms with Crippen LogP contribution in [-0.2, 0) is 9.47 Å². The maximum atomic E-state index is 12.3. The average Bonchev–Trinajstić information content (AvgIpc) is 3.16. The molecule has 1 aromatic rings. The van der Waals surface area contributed by atoms with E-state index in [-0.39, 0.29) is 34.5 Å². The van der Waals surface area contributed by atoms with Crippen LogP contribution < -0.4 is 5.32 Å². The van der Waals surface area contributed by atoms with E-state index in [1.165, 1.54) is 31.2 Å². The second-order valence-electron chi connectivity index (χ2n) is 7.04. The van der Waals surface area contributed by atoms with Gasteiger partial charge in [0.25, 0.3) is 11.4 Å². The number of allylic oxidation sites excluding steroid dienone is 2. The van der Waals surface area contributed by atoms with Gasteiger partial charge in [0, 0.05) is 12.1 Å². The zero-order valence-electron chi connectivity index (χ0n) is 16.0. The van der Waals surface area contributed by atoms with E-state index in [1.807, 2.05) is 0 Å². The van der Waals surface area contributed by atoms with Crippen molar-refractivity contribution in [3.05, 3.63) is 72.9 Å². The molecule has 1 aliphatic carbocycles. The highest BCUT2D eigenvalue weighted by Gasteiger charge is 2.40. The van der Waals surface area contributed by atoms with Gasteiger partial charge in [0.1, 0.15) is 17.8 Å². The normalized spacial score (nSPS) is 19.7. The first-order valence-corrected chi connectivity index (χ1v) is 9.23. The summed E-state index contributed by atoms with van der Waals surface area (Å²) in [5.41, 5.74) is 0.468. The lowest BCUT2D eigenvalue weighted by Crippen LogP contribution is -2.30. The molecule has 1 atom stereocenters. The SMILES string of the molecule is CC1=C(OC(=O)OC2CCCC2)C(c2cccc([N+](=O)[O-])c2)C([N+](=O)[O-])=C(C)N1. The molecule has 0 aromatic heterocycles. The van der Waals surface area contributed by atoms with E-state index >= 15 is 0 Å². The van der Waals surface area contributed by atoms with E-state index in [1.54, 1.807) is 6.92 Å². The third-order valence-electron chi connectivity index (χ3n) is 5.03. The summed E-state index contributed by atoms with van der Waals surface area (Å²) in [5, 5.41) is 25.8. The first kappa shape index (κ1) is 20.3. The molecule has 2 aliphatic rings. The molecule has 10 heteroatoms. The zero-order valence-corrected chi connectivity index (χ0v) is 16.0. The van der Waals surface area contributed by atoms with Gasteiger partial charge in [0.2, 0.25) is 0 Å². The highest BCUT2D eigenvalue weighted by molar-refractivity contribution is 5.63. The molecule has 0 amide bonds. The van der Waals surface area contributed by atoms with Crippen LogP contribution in [0.25, 0.3) is 0 Å². The molecule has 0 radical (unpaired) electrons. The summed E-state index contributed by atoms with van der Waals surface area (Å²) >= 11 is 0. The van der Waals surface area contributed by atoms with Crippen molar-refractivity contribution in [1.29, 1.82) is 0 Å². The second kappa shape index (κ2) is 8.29. The van der Waals surface area contributed by atoms with E-state index in [9.17, 15) is 25.0 Å². The van der Waals surface area contributed by atoms with Crippen LogP contribution in [0.5, 0.6) is 0 Å². The molecule has 1 aliphatic heterocycles. The molecule has 1 aromatic carbocycles. The summed E-state index contributed by atoms with van der Waals surface area (Å²) in [7, 11) is 0. The summed E-state index contributed by atoms with van der Waals surface area (Å²) in [4.78, 5) is 34.1. The number of ether oxygens (including phenoxy) is 2. The quantitative estimate of drug-likeness (QED) is 0.441. The van der Waals surface area contributed by atoms with Gasteiger partial charge in [-0.2, -0.15) is 0 Å². The largest absolute Gasteiger partial charge is 0.513 e. The number of carbonyl (C=O) groups excluding carboxylic acids is 1. The fourth-order valence-corrected chi connectivity index (χ4v) is 3.73. The summed E-state index contributed by atoms with van der Waals surface area (Å²) in [6.07, 6.45) is 2.25. The molecular formula is C19H21N3O7. The number of hydrogen-bond acceptors (Lipinski definition) is 8. The van der Waals surface area contributed by atoms with Crippen molar-refractivity contribution in [2.45, 2.75) is 51.6 Å². The number of benzene rings is 1. The molecule has 0 saturated heterocycles. The maximum Gasteiger partial charge on any atom is 0.513 e. The molecule has 0 spiro atoms. The molecule has 154 valence electrons. The van der Waals surface area contributed by atoms with Crippen molar-refractivity contribution in [1.82, 2.24) is 5.32 Å². The highest BCUT2D eigenvalue weighted by atomic mass is 16.7. The van der Waals surface area contributed by atoms with Gasteiger partial charge in [-0.15, -0.1) is 0 Å². The molecule has 1 fully saturated rings. The predicted octanol–water partition coefficient (Wildman–Crippen LogP) is 4.12. The van der Waals surface area contributed by atoms with Gasteiger partial charge in [0.15, 0.2) is 0 Å². The minimum atomic E-state index is -1.10. The number of non-ortho nitro benzene ring substituents is 1. The lowest BCUT2D eigenvalue weighted by molar-refractivity contribution is -0.431. The van der Waals surface area contributed by atoms with Gasteiger partial charge in [-0.1, -0.05) is 12.1 Å². The van der Waals surface area contributed by atoms with E-state index in [0.717, 1.165) is 25.7 Å². The van der Waals surface area contributed by atoms with Crippen LogP contribution in [-0.4, -0.2) is 22.1 Å². The molecule has 1 heterocycles. The second-order valence-corrected chi connectivity index (χ2v) is 7.04. The number of dihydropyridines is 1. The monoisotopic (exact) mass is 403 g/mol.